The van der Waals surface area contributed by atoms with Crippen molar-refractivity contribution in [1.29, 1.82) is 0 Å². The summed E-state index contributed by atoms with van der Waals surface area (Å²) in [6.45, 7) is 11.6. The van der Waals surface area contributed by atoms with Crippen LogP contribution in [0, 0.1) is 5.92 Å². The van der Waals surface area contributed by atoms with Crippen LogP contribution < -0.4 is 5.32 Å². The number of carbonyl (C=O) groups excluding carboxylic acids is 1. The van der Waals surface area contributed by atoms with E-state index in [0.29, 0.717) is 17.9 Å². The van der Waals surface area contributed by atoms with Gasteiger partial charge < -0.3 is 10.2 Å². The Bertz CT molecular complexity index is 300. The largest absolute Gasteiger partial charge is 0.339 e. The summed E-state index contributed by atoms with van der Waals surface area (Å²) < 4.78 is 0. The van der Waals surface area contributed by atoms with Crippen molar-refractivity contribution < 1.29 is 4.79 Å². The minimum Gasteiger partial charge on any atom is -0.339 e. The maximum Gasteiger partial charge on any atom is 0.239 e. The van der Waals surface area contributed by atoms with Crippen LogP contribution in [-0.2, 0) is 4.79 Å². The molecule has 0 aromatic rings. The molecule has 3 atom stereocenters. The molecule has 0 spiro atoms. The fourth-order valence-corrected chi connectivity index (χ4v) is 3.16. The topological polar surface area (TPSA) is 35.6 Å². The van der Waals surface area contributed by atoms with E-state index in [-0.39, 0.29) is 6.04 Å². The van der Waals surface area contributed by atoms with Crippen molar-refractivity contribution in [3.05, 3.63) is 0 Å². The summed E-state index contributed by atoms with van der Waals surface area (Å²) in [5.74, 6) is 1.01. The molecule has 0 saturated carbocycles. The first-order valence-electron chi connectivity index (χ1n) is 7.88. The van der Waals surface area contributed by atoms with E-state index in [1.54, 1.807) is 0 Å². The van der Waals surface area contributed by atoms with Gasteiger partial charge in [-0.25, -0.2) is 0 Å². The van der Waals surface area contributed by atoms with E-state index < -0.39 is 0 Å². The number of rotatable bonds is 3. The predicted molar refractivity (Wildman–Crippen MR) is 78.1 cm³/mol. The maximum absolute atomic E-state index is 12.5. The van der Waals surface area contributed by atoms with E-state index >= 15 is 0 Å². The van der Waals surface area contributed by atoms with Crippen molar-refractivity contribution in [2.24, 2.45) is 5.92 Å². The maximum atomic E-state index is 12.5. The fourth-order valence-electron chi connectivity index (χ4n) is 3.16. The number of hydrogen-bond acceptors (Lipinski definition) is 3. The number of nitrogens with zero attached hydrogens (tertiary/aromatic N) is 2. The summed E-state index contributed by atoms with van der Waals surface area (Å²) >= 11 is 0. The minimum absolute atomic E-state index is 0.0684. The van der Waals surface area contributed by atoms with Crippen LogP contribution in [0.3, 0.4) is 0 Å². The molecule has 1 N–H and O–H groups in total. The molecule has 2 aliphatic heterocycles. The van der Waals surface area contributed by atoms with Crippen LogP contribution in [0.1, 0.15) is 40.0 Å². The lowest BCUT2D eigenvalue weighted by molar-refractivity contribution is -0.136. The Hall–Kier alpha value is -0.610. The zero-order valence-electron chi connectivity index (χ0n) is 12.7. The lowest BCUT2D eigenvalue weighted by atomic mass is 9.93. The number of amides is 1. The van der Waals surface area contributed by atoms with Gasteiger partial charge in [0.15, 0.2) is 0 Å². The number of hydrogen-bond donors (Lipinski definition) is 1. The van der Waals surface area contributed by atoms with Gasteiger partial charge >= 0.3 is 0 Å². The Morgan fingerprint density at radius 1 is 1.32 bits per heavy atom. The average molecular weight is 267 g/mol. The highest BCUT2D eigenvalue weighted by molar-refractivity contribution is 5.82. The van der Waals surface area contributed by atoms with E-state index in [0.717, 1.165) is 39.1 Å². The molecule has 110 valence electrons. The smallest absolute Gasteiger partial charge is 0.239 e. The molecular formula is C15H29N3O. The molecule has 2 rings (SSSR count). The Balaban J connectivity index is 1.82. The van der Waals surface area contributed by atoms with Gasteiger partial charge in [0.2, 0.25) is 5.91 Å². The molecule has 4 heteroatoms. The zero-order valence-corrected chi connectivity index (χ0v) is 12.7. The summed E-state index contributed by atoms with van der Waals surface area (Å²) in [4.78, 5) is 17.1. The second kappa shape index (κ2) is 6.71. The molecule has 2 fully saturated rings. The molecule has 0 bridgehead atoms. The van der Waals surface area contributed by atoms with Crippen LogP contribution in [0.5, 0.6) is 0 Å². The lowest BCUT2D eigenvalue weighted by Crippen LogP contribution is -2.56. The van der Waals surface area contributed by atoms with Gasteiger partial charge in [0.25, 0.3) is 0 Å². The van der Waals surface area contributed by atoms with Crippen LogP contribution in [0.2, 0.25) is 0 Å². The molecule has 4 nitrogen and oxygen atoms in total. The van der Waals surface area contributed by atoms with Gasteiger partial charge in [-0.15, -0.1) is 0 Å². The number of nitrogens with one attached hydrogen (secondary N) is 1. The molecule has 3 unspecified atom stereocenters. The van der Waals surface area contributed by atoms with Crippen molar-refractivity contribution >= 4 is 5.91 Å². The molecule has 0 radical (unpaired) electrons. The van der Waals surface area contributed by atoms with Gasteiger partial charge in [-0.2, -0.15) is 0 Å². The van der Waals surface area contributed by atoms with Crippen molar-refractivity contribution in [3.8, 4) is 0 Å². The van der Waals surface area contributed by atoms with Crippen LogP contribution in [0.25, 0.3) is 0 Å². The highest BCUT2D eigenvalue weighted by atomic mass is 16.2. The van der Waals surface area contributed by atoms with Gasteiger partial charge in [-0.1, -0.05) is 13.8 Å². The number of carbonyl (C=O) groups is 1. The van der Waals surface area contributed by atoms with Gasteiger partial charge in [0, 0.05) is 32.2 Å². The van der Waals surface area contributed by atoms with Crippen molar-refractivity contribution in [3.63, 3.8) is 0 Å². The molecule has 2 aliphatic rings. The summed E-state index contributed by atoms with van der Waals surface area (Å²) in [5.41, 5.74) is 0. The highest BCUT2D eigenvalue weighted by Crippen LogP contribution is 2.18. The molecule has 2 saturated heterocycles. The Morgan fingerprint density at radius 2 is 2.00 bits per heavy atom. The average Bonchev–Trinajstić information content (AvgIpc) is 2.46. The first-order chi connectivity index (χ1) is 9.11. The van der Waals surface area contributed by atoms with E-state index in [1.165, 1.54) is 12.8 Å². The summed E-state index contributed by atoms with van der Waals surface area (Å²) in [7, 11) is 0. The quantitative estimate of drug-likeness (QED) is 0.837. The third-order valence-electron chi connectivity index (χ3n) is 4.80. The van der Waals surface area contributed by atoms with Crippen LogP contribution in [0.15, 0.2) is 0 Å². The zero-order chi connectivity index (χ0) is 13.8. The van der Waals surface area contributed by atoms with E-state index in [2.05, 4.69) is 35.9 Å². The van der Waals surface area contributed by atoms with Gasteiger partial charge in [-0.05, 0) is 38.6 Å². The SMILES string of the molecule is CCC(C)N1CCN(C(=O)C2CC(C)CCN2)CC1. The molecular weight excluding hydrogens is 238 g/mol. The Labute approximate surface area is 117 Å². The molecule has 19 heavy (non-hydrogen) atoms. The highest BCUT2D eigenvalue weighted by Gasteiger charge is 2.30. The Morgan fingerprint density at radius 3 is 2.58 bits per heavy atom. The molecule has 2 heterocycles. The molecule has 0 aromatic carbocycles. The van der Waals surface area contributed by atoms with Crippen LogP contribution in [0.4, 0.5) is 0 Å². The van der Waals surface area contributed by atoms with E-state index in [4.69, 9.17) is 0 Å². The number of piperidine rings is 1. The molecule has 0 aliphatic carbocycles. The van der Waals surface area contributed by atoms with Gasteiger partial charge in [0.1, 0.15) is 0 Å². The second-order valence-electron chi connectivity index (χ2n) is 6.25. The standard InChI is InChI=1S/C15H29N3O/c1-4-13(3)17-7-9-18(10-8-17)15(19)14-11-12(2)5-6-16-14/h12-14,16H,4-11H2,1-3H3. The van der Waals surface area contributed by atoms with Crippen LogP contribution in [-0.4, -0.2) is 60.5 Å². The normalized spacial score (nSPS) is 31.2. The first kappa shape index (κ1) is 14.8. The number of piperazine rings is 1. The lowest BCUT2D eigenvalue weighted by Gasteiger charge is -2.40. The third-order valence-corrected chi connectivity index (χ3v) is 4.80. The molecule has 1 amide bonds. The second-order valence-corrected chi connectivity index (χ2v) is 6.25. The monoisotopic (exact) mass is 267 g/mol. The van der Waals surface area contributed by atoms with E-state index in [1.807, 2.05) is 0 Å². The van der Waals surface area contributed by atoms with Crippen molar-refractivity contribution in [2.75, 3.05) is 32.7 Å². The first-order valence-corrected chi connectivity index (χ1v) is 7.88. The Kier molecular flexibility index (Phi) is 5.22. The molecule has 0 aromatic heterocycles. The minimum atomic E-state index is 0.0684. The van der Waals surface area contributed by atoms with E-state index in [9.17, 15) is 4.79 Å². The van der Waals surface area contributed by atoms with Gasteiger partial charge in [0.05, 0.1) is 6.04 Å². The fraction of sp³-hybridized carbons (Fsp3) is 0.933. The predicted octanol–water partition coefficient (Wildman–Crippen LogP) is 1.32. The van der Waals surface area contributed by atoms with Crippen molar-refractivity contribution in [2.45, 2.75) is 52.1 Å². The summed E-state index contributed by atoms with van der Waals surface area (Å²) in [6, 6.07) is 0.712. The van der Waals surface area contributed by atoms with Crippen LogP contribution >= 0.6 is 0 Å². The van der Waals surface area contributed by atoms with Gasteiger partial charge in [-0.3, -0.25) is 9.69 Å². The van der Waals surface area contributed by atoms with Crippen molar-refractivity contribution in [1.82, 2.24) is 15.1 Å². The third kappa shape index (κ3) is 3.69. The summed E-state index contributed by atoms with van der Waals surface area (Å²) in [5, 5.41) is 3.39. The summed E-state index contributed by atoms with van der Waals surface area (Å²) in [6.07, 6.45) is 3.39.